The summed E-state index contributed by atoms with van der Waals surface area (Å²) in [7, 11) is -2.61. The van der Waals surface area contributed by atoms with E-state index in [1.165, 1.54) is 23.4 Å². The lowest BCUT2D eigenvalue weighted by Gasteiger charge is -2.25. The van der Waals surface area contributed by atoms with Gasteiger partial charge < -0.3 is 10.1 Å². The monoisotopic (exact) mass is 518 g/mol. The maximum absolute atomic E-state index is 12.9. The van der Waals surface area contributed by atoms with Gasteiger partial charge in [0, 0.05) is 16.0 Å². The Morgan fingerprint density at radius 2 is 1.79 bits per heavy atom. The van der Waals surface area contributed by atoms with Crippen LogP contribution >= 0.6 is 20.0 Å². The van der Waals surface area contributed by atoms with Crippen molar-refractivity contribution in [1.82, 2.24) is 5.32 Å². The first-order valence-electron chi connectivity index (χ1n) is 11.1. The van der Waals surface area contributed by atoms with E-state index < -0.39 is 14.6 Å². The third-order valence-corrected chi connectivity index (χ3v) is 6.82. The van der Waals surface area contributed by atoms with Crippen LogP contribution in [0.2, 0.25) is 0 Å². The molecule has 0 saturated heterocycles. The van der Waals surface area contributed by atoms with Gasteiger partial charge in [0.05, 0.1) is 0 Å². The number of rotatable bonds is 15. The molecule has 0 aromatic heterocycles. The van der Waals surface area contributed by atoms with Crippen LogP contribution in [0, 0.1) is 0 Å². The molecule has 2 aromatic carbocycles. The van der Waals surface area contributed by atoms with Crippen molar-refractivity contribution in [3.05, 3.63) is 59.7 Å². The number of alkyl halides is 3. The number of thioether (sulfide) groups is 1. The molecule has 10 heteroatoms. The molecule has 0 aliphatic carbocycles. The number of ether oxygens (including phenoxy) is 1. The average Bonchev–Trinajstić information content (AvgIpc) is 2.76. The maximum Gasteiger partial charge on any atom is 0.694 e. The highest BCUT2D eigenvalue weighted by atomic mass is 32.2. The molecule has 2 rings (SSSR count). The summed E-state index contributed by atoms with van der Waals surface area (Å²) in [6.07, 6.45) is -1.41. The summed E-state index contributed by atoms with van der Waals surface area (Å²) in [6, 6.07) is 15.1. The van der Waals surface area contributed by atoms with Gasteiger partial charge in [-0.2, -0.15) is 0 Å². The molecule has 188 valence electrons. The molecule has 0 radical (unpaired) electrons. The number of benzene rings is 2. The summed E-state index contributed by atoms with van der Waals surface area (Å²) in [6.45, 7) is 5.38. The lowest BCUT2D eigenvalue weighted by atomic mass is 9.80. The first-order valence-corrected chi connectivity index (χ1v) is 13.3. The van der Waals surface area contributed by atoms with Crippen LogP contribution < -0.4 is 10.1 Å². The summed E-state index contributed by atoms with van der Waals surface area (Å²) in [5.41, 5.74) is 1.99. The second-order valence-corrected chi connectivity index (χ2v) is 10.4. The Morgan fingerprint density at radius 1 is 1.06 bits per heavy atom. The Balaban J connectivity index is 1.85. The summed E-state index contributed by atoms with van der Waals surface area (Å²) < 4.78 is 58.1. The van der Waals surface area contributed by atoms with E-state index >= 15 is 0 Å². The van der Waals surface area contributed by atoms with E-state index in [4.69, 9.17) is 4.89 Å². The molecular weight excluding hydrogens is 486 g/mol. The van der Waals surface area contributed by atoms with E-state index in [-0.39, 0.29) is 17.8 Å². The molecule has 5 nitrogen and oxygen atoms in total. The van der Waals surface area contributed by atoms with Gasteiger partial charge in [0.15, 0.2) is 0 Å². The summed E-state index contributed by atoms with van der Waals surface area (Å²) >= 11 is 1.37. The maximum atomic E-state index is 12.9. The normalized spacial score (nSPS) is 12.6. The highest BCUT2D eigenvalue weighted by molar-refractivity contribution is 7.99. The highest BCUT2D eigenvalue weighted by Crippen LogP contribution is 2.35. The molecule has 2 aromatic rings. The van der Waals surface area contributed by atoms with E-state index in [0.717, 1.165) is 19.3 Å². The van der Waals surface area contributed by atoms with E-state index in [2.05, 4.69) is 40.6 Å². The molecule has 0 aliphatic heterocycles. The second kappa shape index (κ2) is 14.0. The Labute approximate surface area is 204 Å². The number of halogens is 3. The van der Waals surface area contributed by atoms with Crippen molar-refractivity contribution in [2.24, 2.45) is 0 Å². The van der Waals surface area contributed by atoms with Crippen LogP contribution in [-0.4, -0.2) is 30.2 Å². The SMILES string of the molecule is CC(C)(CCCCSc1ccc(CNCCCO[P+](=O)O)cc1OC(F)(F)F)c1ccccc1. The molecule has 1 unspecified atom stereocenters. The fourth-order valence-electron chi connectivity index (χ4n) is 3.44. The van der Waals surface area contributed by atoms with Crippen molar-refractivity contribution < 1.29 is 31.9 Å². The average molecular weight is 519 g/mol. The lowest BCUT2D eigenvalue weighted by molar-refractivity contribution is -0.275. The first-order chi connectivity index (χ1) is 16.1. The van der Waals surface area contributed by atoms with Crippen molar-refractivity contribution in [2.45, 2.75) is 62.7 Å². The zero-order chi connectivity index (χ0) is 25.0. The van der Waals surface area contributed by atoms with E-state index in [1.54, 1.807) is 12.1 Å². The zero-order valence-corrected chi connectivity index (χ0v) is 21.1. The fourth-order valence-corrected chi connectivity index (χ4v) is 4.70. The Bertz CT molecular complexity index is 898. The number of nitrogens with one attached hydrogen (secondary N) is 1. The van der Waals surface area contributed by atoms with Crippen molar-refractivity contribution in [2.75, 3.05) is 18.9 Å². The standard InChI is InChI=1S/C24H31F3NO4PS/c1-23(2,20-9-4-3-5-10-20)13-6-7-16-34-22-12-11-19(17-21(22)32-24(25,26)27)18-28-14-8-15-31-33(29)30/h3-5,9-12,17,28H,6-8,13-16,18H2,1-2H3/p+1. The van der Waals surface area contributed by atoms with Gasteiger partial charge in [-0.3, -0.25) is 0 Å². The van der Waals surface area contributed by atoms with Crippen molar-refractivity contribution in [3.8, 4) is 5.75 Å². The van der Waals surface area contributed by atoms with Gasteiger partial charge in [0.25, 0.3) is 0 Å². The predicted octanol–water partition coefficient (Wildman–Crippen LogP) is 6.97. The topological polar surface area (TPSA) is 67.8 Å². The van der Waals surface area contributed by atoms with Crippen molar-refractivity contribution in [3.63, 3.8) is 0 Å². The summed E-state index contributed by atoms with van der Waals surface area (Å²) in [5, 5.41) is 3.07. The second-order valence-electron chi connectivity index (χ2n) is 8.49. The predicted molar refractivity (Wildman–Crippen MR) is 129 cm³/mol. The Hall–Kier alpha value is -1.64. The summed E-state index contributed by atoms with van der Waals surface area (Å²) in [5.74, 6) is 0.506. The number of hydrogen-bond donors (Lipinski definition) is 2. The molecule has 0 saturated carbocycles. The lowest BCUT2D eigenvalue weighted by Crippen LogP contribution is -2.19. The molecule has 34 heavy (non-hydrogen) atoms. The minimum absolute atomic E-state index is 0.0486. The first kappa shape index (κ1) is 28.6. The van der Waals surface area contributed by atoms with E-state index in [0.29, 0.717) is 35.7 Å². The van der Waals surface area contributed by atoms with Crippen molar-refractivity contribution in [1.29, 1.82) is 0 Å². The van der Waals surface area contributed by atoms with Crippen LogP contribution in [0.4, 0.5) is 13.2 Å². The Morgan fingerprint density at radius 3 is 2.47 bits per heavy atom. The van der Waals surface area contributed by atoms with Crippen LogP contribution in [0.15, 0.2) is 53.4 Å². The van der Waals surface area contributed by atoms with Crippen LogP contribution in [0.1, 0.15) is 50.7 Å². The summed E-state index contributed by atoms with van der Waals surface area (Å²) in [4.78, 5) is 9.03. The van der Waals surface area contributed by atoms with Gasteiger partial charge in [0.2, 0.25) is 0 Å². The third-order valence-electron chi connectivity index (χ3n) is 5.27. The van der Waals surface area contributed by atoms with Gasteiger partial charge in [-0.25, -0.2) is 0 Å². The van der Waals surface area contributed by atoms with Gasteiger partial charge in [0.1, 0.15) is 12.4 Å². The van der Waals surface area contributed by atoms with Crippen LogP contribution in [0.5, 0.6) is 5.75 Å². The van der Waals surface area contributed by atoms with Crippen LogP contribution in [-0.2, 0) is 21.0 Å². The van der Waals surface area contributed by atoms with Gasteiger partial charge in [-0.1, -0.05) is 56.7 Å². The molecule has 0 fully saturated rings. The Kier molecular flexibility index (Phi) is 11.8. The quantitative estimate of drug-likeness (QED) is 0.151. The fraction of sp³-hybridized carbons (Fsp3) is 0.500. The van der Waals surface area contributed by atoms with Gasteiger partial charge in [-0.05, 0) is 60.2 Å². The van der Waals surface area contributed by atoms with Gasteiger partial charge in [-0.15, -0.1) is 34.4 Å². The smallest absolute Gasteiger partial charge is 0.405 e. The van der Waals surface area contributed by atoms with Gasteiger partial charge >= 0.3 is 14.6 Å². The van der Waals surface area contributed by atoms with Crippen LogP contribution in [0.25, 0.3) is 0 Å². The number of unbranched alkanes of at least 4 members (excludes halogenated alkanes) is 1. The molecule has 0 bridgehead atoms. The van der Waals surface area contributed by atoms with Crippen LogP contribution in [0.3, 0.4) is 0 Å². The molecule has 0 heterocycles. The molecule has 0 aliphatic rings. The molecule has 2 N–H and O–H groups in total. The highest BCUT2D eigenvalue weighted by Gasteiger charge is 2.32. The molecule has 0 amide bonds. The van der Waals surface area contributed by atoms with Crippen molar-refractivity contribution >= 4 is 20.0 Å². The molecular formula is C24H32F3NO4PS+. The minimum Gasteiger partial charge on any atom is -0.405 e. The third kappa shape index (κ3) is 11.2. The zero-order valence-electron chi connectivity index (χ0n) is 19.4. The van der Waals surface area contributed by atoms with E-state index in [1.807, 2.05) is 18.2 Å². The largest absolute Gasteiger partial charge is 0.694 e. The number of hydrogen-bond acceptors (Lipinski definition) is 5. The minimum atomic E-state index is -4.76. The van der Waals surface area contributed by atoms with E-state index in [9.17, 15) is 17.7 Å². The molecule has 0 spiro atoms. The molecule has 1 atom stereocenters.